The number of carbonyl (C=O) groups excluding carboxylic acids is 2. The van der Waals surface area contributed by atoms with Crippen molar-refractivity contribution in [3.05, 3.63) is 76.0 Å². The van der Waals surface area contributed by atoms with Crippen molar-refractivity contribution in [1.82, 2.24) is 14.9 Å². The van der Waals surface area contributed by atoms with E-state index in [2.05, 4.69) is 14.9 Å². The number of hydrogen-bond acceptors (Lipinski definition) is 5. The summed E-state index contributed by atoms with van der Waals surface area (Å²) < 4.78 is 17.3. The fraction of sp³-hybridized carbons (Fsp3) is 0.238. The number of benzene rings is 2. The number of halogens is 2. The average Bonchev–Trinajstić information content (AvgIpc) is 3.20. The maximum atomic E-state index is 13.6. The minimum Gasteiger partial charge on any atom is -0.349 e. The van der Waals surface area contributed by atoms with Crippen molar-refractivity contribution in [3.8, 4) is 0 Å². The Morgan fingerprint density at radius 2 is 1.87 bits per heavy atom. The van der Waals surface area contributed by atoms with Crippen LogP contribution in [0.4, 0.5) is 10.1 Å². The van der Waals surface area contributed by atoms with Crippen molar-refractivity contribution < 1.29 is 14.0 Å². The Morgan fingerprint density at radius 1 is 1.17 bits per heavy atom. The lowest BCUT2D eigenvalue weighted by molar-refractivity contribution is -0.123. The highest BCUT2D eigenvalue weighted by Gasteiger charge is 2.35. The summed E-state index contributed by atoms with van der Waals surface area (Å²) in [4.78, 5) is 28.1. The summed E-state index contributed by atoms with van der Waals surface area (Å²) in [6.07, 6.45) is 0. The molecule has 0 aliphatic rings. The third kappa shape index (κ3) is 5.20. The maximum Gasteiger partial charge on any atom is 0.280 e. The Balaban J connectivity index is 2.18. The highest BCUT2D eigenvalue weighted by molar-refractivity contribution is 7.03. The van der Waals surface area contributed by atoms with Crippen molar-refractivity contribution in [2.75, 3.05) is 4.90 Å². The molecule has 0 radical (unpaired) electrons. The molecule has 0 aliphatic carbocycles. The fourth-order valence-electron chi connectivity index (χ4n) is 2.89. The van der Waals surface area contributed by atoms with Crippen LogP contribution in [-0.4, -0.2) is 26.9 Å². The van der Waals surface area contributed by atoms with Crippen molar-refractivity contribution in [2.24, 2.45) is 0 Å². The molecule has 2 aromatic carbocycles. The molecule has 1 unspecified atom stereocenters. The first-order valence-corrected chi connectivity index (χ1v) is 10.3. The first-order chi connectivity index (χ1) is 14.2. The lowest BCUT2D eigenvalue weighted by Crippen LogP contribution is -2.49. The van der Waals surface area contributed by atoms with E-state index in [9.17, 15) is 14.0 Å². The van der Waals surface area contributed by atoms with Crippen LogP contribution < -0.4 is 10.2 Å². The zero-order valence-electron chi connectivity index (χ0n) is 16.6. The summed E-state index contributed by atoms with van der Waals surface area (Å²) >= 11 is 7.19. The molecule has 6 nitrogen and oxygen atoms in total. The van der Waals surface area contributed by atoms with E-state index in [0.29, 0.717) is 16.3 Å². The second-order valence-corrected chi connectivity index (χ2v) is 8.68. The van der Waals surface area contributed by atoms with Gasteiger partial charge in [-0.3, -0.25) is 14.5 Å². The molecule has 0 saturated carbocycles. The van der Waals surface area contributed by atoms with E-state index in [1.54, 1.807) is 24.3 Å². The molecular weight excluding hydrogens is 427 g/mol. The van der Waals surface area contributed by atoms with Crippen molar-refractivity contribution in [2.45, 2.75) is 32.4 Å². The molecule has 3 aromatic rings. The molecule has 0 aliphatic heterocycles. The fourth-order valence-corrected chi connectivity index (χ4v) is 3.51. The highest BCUT2D eigenvalue weighted by atomic mass is 35.5. The number of rotatable bonds is 5. The van der Waals surface area contributed by atoms with Crippen LogP contribution >= 0.6 is 23.1 Å². The molecule has 30 heavy (non-hydrogen) atoms. The summed E-state index contributed by atoms with van der Waals surface area (Å²) in [5, 5.41) is 8.67. The van der Waals surface area contributed by atoms with Gasteiger partial charge in [0.2, 0.25) is 5.91 Å². The van der Waals surface area contributed by atoms with Gasteiger partial charge in [0.1, 0.15) is 11.9 Å². The Morgan fingerprint density at radius 3 is 2.43 bits per heavy atom. The lowest BCUT2D eigenvalue weighted by Gasteiger charge is -2.33. The lowest BCUT2D eigenvalue weighted by atomic mass is 10.0. The largest absolute Gasteiger partial charge is 0.349 e. The molecule has 1 N–H and O–H groups in total. The topological polar surface area (TPSA) is 75.2 Å². The van der Waals surface area contributed by atoms with Gasteiger partial charge in [-0.15, -0.1) is 5.10 Å². The van der Waals surface area contributed by atoms with Crippen LogP contribution in [0.25, 0.3) is 0 Å². The van der Waals surface area contributed by atoms with Gasteiger partial charge >= 0.3 is 0 Å². The molecular formula is C21H20ClFN4O2S. The second-order valence-electron chi connectivity index (χ2n) is 7.64. The van der Waals surface area contributed by atoms with Crippen molar-refractivity contribution in [3.63, 3.8) is 0 Å². The van der Waals surface area contributed by atoms with E-state index in [1.165, 1.54) is 34.5 Å². The van der Waals surface area contributed by atoms with Gasteiger partial charge < -0.3 is 5.32 Å². The second kappa shape index (κ2) is 8.89. The van der Waals surface area contributed by atoms with E-state index in [-0.39, 0.29) is 5.69 Å². The van der Waals surface area contributed by atoms with Crippen LogP contribution in [0.3, 0.4) is 0 Å². The van der Waals surface area contributed by atoms with E-state index >= 15 is 0 Å². The zero-order chi connectivity index (χ0) is 21.9. The SMILES string of the molecule is CC(C)(C)NC(=O)C(c1ccc(F)cc1)N(C(=O)c1csnn1)c1cccc(Cl)c1. The number of hydrogen-bond donors (Lipinski definition) is 1. The molecule has 0 fully saturated rings. The quantitative estimate of drug-likeness (QED) is 0.619. The number of nitrogens with one attached hydrogen (secondary N) is 1. The molecule has 2 amide bonds. The first kappa shape index (κ1) is 21.9. The van der Waals surface area contributed by atoms with Gasteiger partial charge in [-0.25, -0.2) is 4.39 Å². The molecule has 3 rings (SSSR count). The Bertz CT molecular complexity index is 1040. The van der Waals surface area contributed by atoms with Crippen LogP contribution in [0, 0.1) is 5.82 Å². The van der Waals surface area contributed by atoms with E-state index in [4.69, 9.17) is 11.6 Å². The monoisotopic (exact) mass is 446 g/mol. The van der Waals surface area contributed by atoms with E-state index in [1.807, 2.05) is 20.8 Å². The third-order valence-electron chi connectivity index (χ3n) is 4.07. The molecule has 1 aromatic heterocycles. The minimum absolute atomic E-state index is 0.0932. The van der Waals surface area contributed by atoms with E-state index in [0.717, 1.165) is 11.5 Å². The standard InChI is InChI=1S/C21H20ClFN4O2S/c1-21(2,3)24-19(28)18(13-7-9-15(23)10-8-13)27(16-6-4-5-14(22)11-16)20(29)17-12-30-26-25-17/h4-12,18H,1-3H3,(H,24,28). The number of anilines is 1. The molecule has 156 valence electrons. The zero-order valence-corrected chi connectivity index (χ0v) is 18.2. The average molecular weight is 447 g/mol. The van der Waals surface area contributed by atoms with Crippen molar-refractivity contribution >= 4 is 40.6 Å². The summed E-state index contributed by atoms with van der Waals surface area (Å²) in [7, 11) is 0. The molecule has 1 heterocycles. The number of aromatic nitrogens is 2. The minimum atomic E-state index is -1.09. The molecule has 9 heteroatoms. The van der Waals surface area contributed by atoms with Crippen LogP contribution in [0.5, 0.6) is 0 Å². The summed E-state index contributed by atoms with van der Waals surface area (Å²) in [6, 6.07) is 11.0. The molecule has 0 saturated heterocycles. The van der Waals surface area contributed by atoms with Crippen LogP contribution in [0.2, 0.25) is 5.02 Å². The van der Waals surface area contributed by atoms with Gasteiger partial charge in [0, 0.05) is 21.6 Å². The van der Waals surface area contributed by atoms with Gasteiger partial charge in [-0.05, 0) is 68.2 Å². The van der Waals surface area contributed by atoms with Gasteiger partial charge in [-0.2, -0.15) is 0 Å². The predicted molar refractivity (Wildman–Crippen MR) is 115 cm³/mol. The van der Waals surface area contributed by atoms with E-state index < -0.39 is 29.2 Å². The Labute approximate surface area is 182 Å². The smallest absolute Gasteiger partial charge is 0.280 e. The number of carbonyl (C=O) groups is 2. The van der Waals surface area contributed by atoms with Crippen molar-refractivity contribution in [1.29, 1.82) is 0 Å². The normalized spacial score (nSPS) is 12.3. The van der Waals surface area contributed by atoms with Gasteiger partial charge in [-0.1, -0.05) is 34.3 Å². The third-order valence-corrected chi connectivity index (χ3v) is 4.81. The van der Waals surface area contributed by atoms with Gasteiger partial charge in [0.25, 0.3) is 5.91 Å². The summed E-state index contributed by atoms with van der Waals surface area (Å²) in [6.45, 7) is 5.51. The number of amides is 2. The van der Waals surface area contributed by atoms with Gasteiger partial charge in [0.05, 0.1) is 0 Å². The summed E-state index contributed by atoms with van der Waals surface area (Å²) in [5.74, 6) is -1.40. The molecule has 0 bridgehead atoms. The Hall–Kier alpha value is -2.84. The molecule has 0 spiro atoms. The molecule has 1 atom stereocenters. The van der Waals surface area contributed by atoms with Gasteiger partial charge in [0.15, 0.2) is 5.69 Å². The Kier molecular flexibility index (Phi) is 6.48. The van der Waals surface area contributed by atoms with Crippen LogP contribution in [0.1, 0.15) is 42.9 Å². The summed E-state index contributed by atoms with van der Waals surface area (Å²) in [5.41, 5.74) is 0.379. The first-order valence-electron chi connectivity index (χ1n) is 9.09. The highest BCUT2D eigenvalue weighted by Crippen LogP contribution is 2.31. The number of nitrogens with zero attached hydrogens (tertiary/aromatic N) is 3. The van der Waals surface area contributed by atoms with Crippen LogP contribution in [0.15, 0.2) is 53.9 Å². The maximum absolute atomic E-state index is 13.6. The predicted octanol–water partition coefficient (Wildman–Crippen LogP) is 4.63. The van der Waals surface area contributed by atoms with Crippen LogP contribution in [-0.2, 0) is 4.79 Å².